The predicted octanol–water partition coefficient (Wildman–Crippen LogP) is 3.55. The van der Waals surface area contributed by atoms with Gasteiger partial charge in [-0.1, -0.05) is 30.3 Å². The molecular formula is C18H16N2O3S. The van der Waals surface area contributed by atoms with E-state index in [1.54, 1.807) is 13.2 Å². The van der Waals surface area contributed by atoms with Crippen LogP contribution in [0.3, 0.4) is 0 Å². The molecular weight excluding hydrogens is 324 g/mol. The summed E-state index contributed by atoms with van der Waals surface area (Å²) < 4.78 is 6.09. The monoisotopic (exact) mass is 340 g/mol. The number of methoxy groups -OCH3 is 1. The number of nitrogens with one attached hydrogen (secondary N) is 2. The number of benzene rings is 2. The Kier molecular flexibility index (Phi) is 4.77. The van der Waals surface area contributed by atoms with Gasteiger partial charge >= 0.3 is 6.03 Å². The zero-order valence-electron chi connectivity index (χ0n) is 13.0. The van der Waals surface area contributed by atoms with Crippen LogP contribution in [-0.4, -0.2) is 19.0 Å². The smallest absolute Gasteiger partial charge is 0.322 e. The van der Waals surface area contributed by atoms with Crippen LogP contribution in [0.2, 0.25) is 0 Å². The number of carbonyl (C=O) groups is 2. The molecule has 0 saturated heterocycles. The first-order valence-electron chi connectivity index (χ1n) is 7.36. The molecule has 1 heterocycles. The minimum Gasteiger partial charge on any atom is -0.497 e. The van der Waals surface area contributed by atoms with Crippen molar-refractivity contribution in [1.82, 2.24) is 10.6 Å². The summed E-state index contributed by atoms with van der Waals surface area (Å²) in [4.78, 5) is 24.5. The number of imide groups is 1. The SMILES string of the molecule is COc1ccc(CNC(=O)NC(=O)c2cc3ccccc3s2)cc1. The van der Waals surface area contributed by atoms with E-state index < -0.39 is 11.9 Å². The van der Waals surface area contributed by atoms with Crippen LogP contribution < -0.4 is 15.4 Å². The molecule has 3 rings (SSSR count). The van der Waals surface area contributed by atoms with E-state index in [0.29, 0.717) is 11.4 Å². The van der Waals surface area contributed by atoms with Crippen LogP contribution in [0, 0.1) is 0 Å². The van der Waals surface area contributed by atoms with Gasteiger partial charge in [0.25, 0.3) is 5.91 Å². The average molecular weight is 340 g/mol. The van der Waals surface area contributed by atoms with Crippen molar-refractivity contribution in [2.45, 2.75) is 6.54 Å². The number of hydrogen-bond acceptors (Lipinski definition) is 4. The number of hydrogen-bond donors (Lipinski definition) is 2. The fraction of sp³-hybridized carbons (Fsp3) is 0.111. The summed E-state index contributed by atoms with van der Waals surface area (Å²) in [5.74, 6) is 0.353. The first-order valence-corrected chi connectivity index (χ1v) is 8.18. The maximum Gasteiger partial charge on any atom is 0.322 e. The van der Waals surface area contributed by atoms with E-state index in [1.807, 2.05) is 48.5 Å². The number of fused-ring (bicyclic) bond motifs is 1. The van der Waals surface area contributed by atoms with Gasteiger partial charge in [0, 0.05) is 11.2 Å². The highest BCUT2D eigenvalue weighted by molar-refractivity contribution is 7.20. The molecule has 0 atom stereocenters. The Bertz CT molecular complexity index is 838. The van der Waals surface area contributed by atoms with E-state index in [1.165, 1.54) is 11.3 Å². The van der Waals surface area contributed by atoms with E-state index >= 15 is 0 Å². The van der Waals surface area contributed by atoms with Gasteiger partial charge in [0.2, 0.25) is 0 Å². The molecule has 2 aromatic carbocycles. The molecule has 2 N–H and O–H groups in total. The number of urea groups is 1. The van der Waals surface area contributed by atoms with Crippen LogP contribution >= 0.6 is 11.3 Å². The van der Waals surface area contributed by atoms with E-state index in [0.717, 1.165) is 21.4 Å². The lowest BCUT2D eigenvalue weighted by atomic mass is 10.2. The van der Waals surface area contributed by atoms with Crippen molar-refractivity contribution >= 4 is 33.4 Å². The molecule has 3 aromatic rings. The van der Waals surface area contributed by atoms with Crippen molar-refractivity contribution in [3.63, 3.8) is 0 Å². The van der Waals surface area contributed by atoms with Crippen molar-refractivity contribution in [3.8, 4) is 5.75 Å². The molecule has 0 aliphatic rings. The minimum absolute atomic E-state index is 0.329. The van der Waals surface area contributed by atoms with Crippen molar-refractivity contribution < 1.29 is 14.3 Å². The Morgan fingerprint density at radius 2 is 1.83 bits per heavy atom. The zero-order chi connectivity index (χ0) is 16.9. The molecule has 0 spiro atoms. The van der Waals surface area contributed by atoms with Crippen LogP contribution in [0.1, 0.15) is 15.2 Å². The van der Waals surface area contributed by atoms with Crippen LogP contribution in [0.15, 0.2) is 54.6 Å². The van der Waals surface area contributed by atoms with Crippen LogP contribution in [0.4, 0.5) is 4.79 Å². The molecule has 0 fully saturated rings. The summed E-state index contributed by atoms with van der Waals surface area (Å²) in [6.07, 6.45) is 0. The fourth-order valence-electron chi connectivity index (χ4n) is 2.23. The number of thiophene rings is 1. The van der Waals surface area contributed by atoms with Crippen molar-refractivity contribution in [2.75, 3.05) is 7.11 Å². The Balaban J connectivity index is 1.56. The zero-order valence-corrected chi connectivity index (χ0v) is 13.9. The molecule has 0 aliphatic carbocycles. The normalized spacial score (nSPS) is 10.4. The van der Waals surface area contributed by atoms with Crippen molar-refractivity contribution in [1.29, 1.82) is 0 Å². The Hall–Kier alpha value is -2.86. The maximum atomic E-state index is 12.1. The molecule has 0 unspecified atom stereocenters. The molecule has 24 heavy (non-hydrogen) atoms. The molecule has 0 aliphatic heterocycles. The quantitative estimate of drug-likeness (QED) is 0.763. The highest BCUT2D eigenvalue weighted by Gasteiger charge is 2.13. The van der Waals surface area contributed by atoms with Gasteiger partial charge in [0.1, 0.15) is 5.75 Å². The molecule has 3 amide bonds. The summed E-state index contributed by atoms with van der Waals surface area (Å²) in [5.41, 5.74) is 0.917. The summed E-state index contributed by atoms with van der Waals surface area (Å²) in [5, 5.41) is 6.00. The first kappa shape index (κ1) is 16.0. The van der Waals surface area contributed by atoms with Gasteiger partial charge in [-0.25, -0.2) is 4.79 Å². The van der Waals surface area contributed by atoms with Gasteiger partial charge in [0.05, 0.1) is 12.0 Å². The lowest BCUT2D eigenvalue weighted by Gasteiger charge is -2.06. The molecule has 0 saturated carbocycles. The first-order chi connectivity index (χ1) is 11.7. The predicted molar refractivity (Wildman–Crippen MR) is 94.5 cm³/mol. The van der Waals surface area contributed by atoms with Crippen LogP contribution in [0.5, 0.6) is 5.75 Å². The summed E-state index contributed by atoms with van der Waals surface area (Å²) in [6.45, 7) is 0.329. The van der Waals surface area contributed by atoms with Gasteiger partial charge < -0.3 is 10.1 Å². The van der Waals surface area contributed by atoms with E-state index in [2.05, 4.69) is 10.6 Å². The third kappa shape index (κ3) is 3.72. The fourth-order valence-corrected chi connectivity index (χ4v) is 3.19. The second kappa shape index (κ2) is 7.14. The molecule has 122 valence electrons. The highest BCUT2D eigenvalue weighted by atomic mass is 32.1. The van der Waals surface area contributed by atoms with Gasteiger partial charge in [-0.2, -0.15) is 0 Å². The second-order valence-corrected chi connectivity index (χ2v) is 6.22. The topological polar surface area (TPSA) is 67.4 Å². The number of amides is 3. The summed E-state index contributed by atoms with van der Waals surface area (Å²) >= 11 is 1.36. The molecule has 1 aromatic heterocycles. The van der Waals surface area contributed by atoms with Crippen molar-refractivity contribution in [2.24, 2.45) is 0 Å². The summed E-state index contributed by atoms with van der Waals surface area (Å²) in [7, 11) is 1.60. The lowest BCUT2D eigenvalue weighted by Crippen LogP contribution is -2.38. The van der Waals surface area contributed by atoms with Gasteiger partial charge in [-0.3, -0.25) is 10.1 Å². The number of carbonyl (C=O) groups excluding carboxylic acids is 2. The molecule has 5 nitrogen and oxygen atoms in total. The molecule has 0 bridgehead atoms. The summed E-state index contributed by atoms with van der Waals surface area (Å²) in [6, 6.07) is 16.3. The average Bonchev–Trinajstić information content (AvgIpc) is 3.05. The lowest BCUT2D eigenvalue weighted by molar-refractivity contribution is 0.0968. The van der Waals surface area contributed by atoms with Crippen LogP contribution in [0.25, 0.3) is 10.1 Å². The largest absolute Gasteiger partial charge is 0.497 e. The molecule has 0 radical (unpaired) electrons. The van der Waals surface area contributed by atoms with Crippen molar-refractivity contribution in [3.05, 3.63) is 65.0 Å². The van der Waals surface area contributed by atoms with Gasteiger partial charge in [0.15, 0.2) is 0 Å². The van der Waals surface area contributed by atoms with Crippen LogP contribution in [-0.2, 0) is 6.54 Å². The third-order valence-corrected chi connectivity index (χ3v) is 4.60. The number of ether oxygens (including phenoxy) is 1. The van der Waals surface area contributed by atoms with Gasteiger partial charge in [-0.05, 0) is 35.2 Å². The second-order valence-electron chi connectivity index (χ2n) is 5.13. The Morgan fingerprint density at radius 1 is 1.08 bits per heavy atom. The molecule has 6 heteroatoms. The van der Waals surface area contributed by atoms with E-state index in [9.17, 15) is 9.59 Å². The standard InChI is InChI=1S/C18H16N2O3S/c1-23-14-8-6-12(7-9-14)11-19-18(22)20-17(21)16-10-13-4-2-3-5-15(13)24-16/h2-10H,11H2,1H3,(H2,19,20,21,22). The van der Waals surface area contributed by atoms with Gasteiger partial charge in [-0.15, -0.1) is 11.3 Å². The third-order valence-electron chi connectivity index (χ3n) is 3.49. The highest BCUT2D eigenvalue weighted by Crippen LogP contribution is 2.24. The van der Waals surface area contributed by atoms with E-state index in [-0.39, 0.29) is 0 Å². The number of rotatable bonds is 4. The maximum absolute atomic E-state index is 12.1. The Morgan fingerprint density at radius 3 is 2.54 bits per heavy atom. The minimum atomic E-state index is -0.520. The van der Waals surface area contributed by atoms with E-state index in [4.69, 9.17) is 4.74 Å². The Labute approximate surface area is 143 Å².